The molecule has 2 heterocycles. The van der Waals surface area contributed by atoms with Gasteiger partial charge in [-0.2, -0.15) is 0 Å². The summed E-state index contributed by atoms with van der Waals surface area (Å²) >= 11 is 12.4. The number of carbonyl (C=O) groups excluding carboxylic acids is 2. The van der Waals surface area contributed by atoms with Gasteiger partial charge in [-0.15, -0.1) is 0 Å². The molecule has 0 spiro atoms. The van der Waals surface area contributed by atoms with Crippen LogP contribution in [0.15, 0.2) is 42.5 Å². The van der Waals surface area contributed by atoms with Crippen molar-refractivity contribution in [2.24, 2.45) is 5.92 Å². The van der Waals surface area contributed by atoms with Crippen LogP contribution >= 0.6 is 23.2 Å². The largest absolute Gasteiger partial charge is 0.465 e. The van der Waals surface area contributed by atoms with E-state index in [4.69, 9.17) is 27.9 Å². The van der Waals surface area contributed by atoms with Crippen LogP contribution in [0.5, 0.6) is 5.75 Å². The highest BCUT2D eigenvalue weighted by molar-refractivity contribution is 6.42. The minimum atomic E-state index is -0.983. The van der Waals surface area contributed by atoms with Crippen molar-refractivity contribution in [3.8, 4) is 5.75 Å². The minimum absolute atomic E-state index is 0.0621. The number of carbonyl (C=O) groups is 3. The zero-order valence-corrected chi connectivity index (χ0v) is 21.1. The Morgan fingerprint density at radius 1 is 1.00 bits per heavy atom. The van der Waals surface area contributed by atoms with Gasteiger partial charge in [-0.1, -0.05) is 29.3 Å². The standard InChI is InChI=1S/C25H26Cl2FN3O5/c1-29(25(35)36-18-5-3-17(28)4-6-18)22-14-31(13-19(22)16-2-7-20(26)21(27)12-16)23(32)15-8-10-30(11-9-15)24(33)34/h2-7,12,15,19,22H,8-11,13-14H2,1H3,(H,33,34)/t19-,22+/m1/s1. The highest BCUT2D eigenvalue weighted by Crippen LogP contribution is 2.36. The van der Waals surface area contributed by atoms with E-state index in [1.165, 1.54) is 34.1 Å². The maximum Gasteiger partial charge on any atom is 0.415 e. The highest BCUT2D eigenvalue weighted by Gasteiger charge is 2.42. The Hall–Kier alpha value is -3.04. The third kappa shape index (κ3) is 5.68. The topological polar surface area (TPSA) is 90.4 Å². The average molecular weight is 538 g/mol. The first-order valence-corrected chi connectivity index (χ1v) is 12.3. The number of likely N-dealkylation sites (N-methyl/N-ethyl adjacent to an activating group) is 1. The molecule has 0 unspecified atom stereocenters. The van der Waals surface area contributed by atoms with Crippen molar-refractivity contribution in [2.75, 3.05) is 33.2 Å². The monoisotopic (exact) mass is 537 g/mol. The molecule has 4 rings (SSSR count). The van der Waals surface area contributed by atoms with Gasteiger partial charge in [0.05, 0.1) is 16.1 Å². The number of likely N-dealkylation sites (tertiary alicyclic amines) is 2. The third-order valence-corrected chi connectivity index (χ3v) is 7.63. The van der Waals surface area contributed by atoms with Gasteiger partial charge in [-0.25, -0.2) is 14.0 Å². The number of hydrogen-bond donors (Lipinski definition) is 1. The van der Waals surface area contributed by atoms with Gasteiger partial charge < -0.3 is 24.5 Å². The van der Waals surface area contributed by atoms with Crippen molar-refractivity contribution in [3.05, 3.63) is 63.9 Å². The van der Waals surface area contributed by atoms with Crippen molar-refractivity contribution in [1.82, 2.24) is 14.7 Å². The molecule has 0 bridgehead atoms. The summed E-state index contributed by atoms with van der Waals surface area (Å²) in [4.78, 5) is 42.0. The average Bonchev–Trinajstić information content (AvgIpc) is 3.31. The molecule has 2 aromatic carbocycles. The van der Waals surface area contributed by atoms with Gasteiger partial charge in [0.15, 0.2) is 0 Å². The lowest BCUT2D eigenvalue weighted by Crippen LogP contribution is -2.45. The van der Waals surface area contributed by atoms with Gasteiger partial charge in [0, 0.05) is 45.1 Å². The lowest BCUT2D eigenvalue weighted by atomic mass is 9.93. The summed E-state index contributed by atoms with van der Waals surface area (Å²) in [7, 11) is 1.60. The van der Waals surface area contributed by atoms with Gasteiger partial charge in [-0.3, -0.25) is 4.79 Å². The Labute approximate surface area is 218 Å². The molecule has 2 atom stereocenters. The minimum Gasteiger partial charge on any atom is -0.465 e. The fourth-order valence-corrected chi connectivity index (χ4v) is 5.12. The normalized spacial score (nSPS) is 20.3. The Bertz CT molecular complexity index is 1140. The number of hydrogen-bond acceptors (Lipinski definition) is 4. The molecule has 2 saturated heterocycles. The molecule has 192 valence electrons. The van der Waals surface area contributed by atoms with E-state index < -0.39 is 24.0 Å². The van der Waals surface area contributed by atoms with Gasteiger partial charge in [0.25, 0.3) is 0 Å². The Morgan fingerprint density at radius 2 is 1.67 bits per heavy atom. The summed E-state index contributed by atoms with van der Waals surface area (Å²) < 4.78 is 18.6. The van der Waals surface area contributed by atoms with Crippen LogP contribution in [0, 0.1) is 11.7 Å². The van der Waals surface area contributed by atoms with E-state index >= 15 is 0 Å². The molecular weight excluding hydrogens is 512 g/mol. The van der Waals surface area contributed by atoms with Crippen LogP contribution in [-0.4, -0.2) is 77.2 Å². The number of carboxylic acid groups (broad SMARTS) is 1. The van der Waals surface area contributed by atoms with Crippen LogP contribution in [0.1, 0.15) is 24.3 Å². The van der Waals surface area contributed by atoms with Crippen molar-refractivity contribution >= 4 is 41.3 Å². The summed E-state index contributed by atoms with van der Waals surface area (Å²) in [6, 6.07) is 9.96. The second kappa shape index (κ2) is 10.9. The van der Waals surface area contributed by atoms with Crippen LogP contribution in [0.2, 0.25) is 10.0 Å². The van der Waals surface area contributed by atoms with Crippen LogP contribution in [-0.2, 0) is 4.79 Å². The zero-order valence-electron chi connectivity index (χ0n) is 19.6. The summed E-state index contributed by atoms with van der Waals surface area (Å²) in [5.74, 6) is -0.843. The first-order chi connectivity index (χ1) is 17.1. The van der Waals surface area contributed by atoms with E-state index in [0.717, 1.165) is 5.56 Å². The van der Waals surface area contributed by atoms with Crippen LogP contribution < -0.4 is 4.74 Å². The molecule has 2 aliphatic rings. The van der Waals surface area contributed by atoms with E-state index in [9.17, 15) is 23.9 Å². The maximum atomic E-state index is 13.4. The molecule has 2 aromatic rings. The lowest BCUT2D eigenvalue weighted by molar-refractivity contribution is -0.136. The SMILES string of the molecule is CN(C(=O)Oc1ccc(F)cc1)[C@H]1CN(C(=O)C2CCN(C(=O)O)CC2)C[C@@H]1c1ccc(Cl)c(Cl)c1. The Morgan fingerprint density at radius 3 is 2.28 bits per heavy atom. The van der Waals surface area contributed by atoms with E-state index in [-0.39, 0.29) is 30.0 Å². The molecular formula is C25H26Cl2FN3O5. The number of nitrogens with zero attached hydrogens (tertiary/aromatic N) is 3. The number of rotatable bonds is 4. The van der Waals surface area contributed by atoms with Crippen molar-refractivity contribution in [3.63, 3.8) is 0 Å². The molecule has 0 saturated carbocycles. The van der Waals surface area contributed by atoms with Crippen LogP contribution in [0.25, 0.3) is 0 Å². The Balaban J connectivity index is 1.52. The van der Waals surface area contributed by atoms with Gasteiger partial charge >= 0.3 is 12.2 Å². The maximum absolute atomic E-state index is 13.4. The fraction of sp³-hybridized carbons (Fsp3) is 0.400. The van der Waals surface area contributed by atoms with E-state index in [1.54, 1.807) is 24.1 Å². The number of halogens is 3. The van der Waals surface area contributed by atoms with Crippen molar-refractivity contribution < 1.29 is 28.6 Å². The van der Waals surface area contributed by atoms with Gasteiger partial charge in [0.2, 0.25) is 5.91 Å². The van der Waals surface area contributed by atoms with Gasteiger partial charge in [0.1, 0.15) is 11.6 Å². The molecule has 8 nitrogen and oxygen atoms in total. The predicted octanol–water partition coefficient (Wildman–Crippen LogP) is 4.95. The molecule has 36 heavy (non-hydrogen) atoms. The summed E-state index contributed by atoms with van der Waals surface area (Å²) in [5.41, 5.74) is 0.826. The molecule has 2 fully saturated rings. The van der Waals surface area contributed by atoms with E-state index in [2.05, 4.69) is 0 Å². The number of ether oxygens (including phenoxy) is 1. The molecule has 0 radical (unpaired) electrons. The molecule has 0 aromatic heterocycles. The third-order valence-electron chi connectivity index (χ3n) is 6.89. The van der Waals surface area contributed by atoms with Crippen LogP contribution in [0.4, 0.5) is 14.0 Å². The fourth-order valence-electron chi connectivity index (χ4n) is 4.82. The molecule has 2 aliphatic heterocycles. The number of piperidine rings is 1. The van der Waals surface area contributed by atoms with Crippen molar-refractivity contribution in [1.29, 1.82) is 0 Å². The second-order valence-corrected chi connectivity index (χ2v) is 9.88. The predicted molar refractivity (Wildman–Crippen MR) is 132 cm³/mol. The number of benzene rings is 2. The summed E-state index contributed by atoms with van der Waals surface area (Å²) in [6.45, 7) is 1.25. The highest BCUT2D eigenvalue weighted by atomic mass is 35.5. The lowest BCUT2D eigenvalue weighted by Gasteiger charge is -2.31. The molecule has 11 heteroatoms. The quantitative estimate of drug-likeness (QED) is 0.595. The van der Waals surface area contributed by atoms with Crippen LogP contribution in [0.3, 0.4) is 0 Å². The first-order valence-electron chi connectivity index (χ1n) is 11.6. The van der Waals surface area contributed by atoms with Crippen molar-refractivity contribution in [2.45, 2.75) is 24.8 Å². The van der Waals surface area contributed by atoms with E-state index in [1.807, 2.05) is 6.07 Å². The number of amides is 3. The zero-order chi connectivity index (χ0) is 26.0. The molecule has 0 aliphatic carbocycles. The smallest absolute Gasteiger partial charge is 0.415 e. The summed E-state index contributed by atoms with van der Waals surface area (Å²) in [6.07, 6.45) is -0.720. The molecule has 1 N–H and O–H groups in total. The first kappa shape index (κ1) is 26.0. The summed E-state index contributed by atoms with van der Waals surface area (Å²) in [5, 5.41) is 9.96. The molecule has 3 amide bonds. The van der Waals surface area contributed by atoms with E-state index in [0.29, 0.717) is 42.5 Å². The van der Waals surface area contributed by atoms with Gasteiger partial charge in [-0.05, 0) is 54.8 Å². The Kier molecular flexibility index (Phi) is 7.90. The second-order valence-electron chi connectivity index (χ2n) is 9.07.